The van der Waals surface area contributed by atoms with E-state index in [0.29, 0.717) is 16.8 Å². The van der Waals surface area contributed by atoms with Crippen molar-refractivity contribution in [2.75, 3.05) is 20.1 Å². The smallest absolute Gasteiger partial charge is 0.272 e. The van der Waals surface area contributed by atoms with Crippen LogP contribution in [0.2, 0.25) is 5.02 Å². The Bertz CT molecular complexity index is 674. The summed E-state index contributed by atoms with van der Waals surface area (Å²) >= 11 is 5.99. The SMILES string of the molecule is CN[C@H]1CCCN(C(=O)c2ccc3ccc(Cl)cc3n2)C1. The van der Waals surface area contributed by atoms with E-state index in [1.165, 1.54) is 0 Å². The standard InChI is InChI=1S/C16H18ClN3O/c1-18-13-3-2-8-20(10-13)16(21)14-7-5-11-4-6-12(17)9-15(11)19-14/h4-7,9,13,18H,2-3,8,10H2,1H3/t13-/m0/s1. The maximum Gasteiger partial charge on any atom is 0.272 e. The zero-order valence-electron chi connectivity index (χ0n) is 12.0. The van der Waals surface area contributed by atoms with Crippen LogP contribution in [0.5, 0.6) is 0 Å². The predicted octanol–water partition coefficient (Wildman–Crippen LogP) is 2.71. The molecule has 1 aromatic carbocycles. The molecule has 1 N–H and O–H groups in total. The number of carbonyl (C=O) groups excluding carboxylic acids is 1. The van der Waals surface area contributed by atoms with Crippen LogP contribution in [0.1, 0.15) is 23.3 Å². The second-order valence-electron chi connectivity index (χ2n) is 5.41. The Morgan fingerprint density at radius 1 is 1.38 bits per heavy atom. The second-order valence-corrected chi connectivity index (χ2v) is 5.85. The lowest BCUT2D eigenvalue weighted by molar-refractivity contribution is 0.0692. The van der Waals surface area contributed by atoms with Crippen molar-refractivity contribution in [3.05, 3.63) is 41.0 Å². The highest BCUT2D eigenvalue weighted by Gasteiger charge is 2.24. The summed E-state index contributed by atoms with van der Waals surface area (Å²) in [6.45, 7) is 1.54. The number of hydrogen-bond acceptors (Lipinski definition) is 3. The van der Waals surface area contributed by atoms with Crippen LogP contribution < -0.4 is 5.32 Å². The fraction of sp³-hybridized carbons (Fsp3) is 0.375. The van der Waals surface area contributed by atoms with Gasteiger partial charge in [-0.2, -0.15) is 0 Å². The largest absolute Gasteiger partial charge is 0.336 e. The summed E-state index contributed by atoms with van der Waals surface area (Å²) in [5.41, 5.74) is 1.25. The van der Waals surface area contributed by atoms with Gasteiger partial charge < -0.3 is 10.2 Å². The number of nitrogens with zero attached hydrogens (tertiary/aromatic N) is 2. The molecular formula is C16H18ClN3O. The van der Waals surface area contributed by atoms with Crippen LogP contribution in [0.25, 0.3) is 10.9 Å². The molecule has 0 aliphatic carbocycles. The average Bonchev–Trinajstić information content (AvgIpc) is 2.53. The molecule has 110 valence electrons. The maximum absolute atomic E-state index is 12.6. The predicted molar refractivity (Wildman–Crippen MR) is 84.7 cm³/mol. The normalized spacial score (nSPS) is 19.0. The molecule has 2 aromatic rings. The molecule has 0 unspecified atom stereocenters. The first-order valence-corrected chi connectivity index (χ1v) is 7.58. The molecule has 0 bridgehead atoms. The highest BCUT2D eigenvalue weighted by Crippen LogP contribution is 2.19. The van der Waals surface area contributed by atoms with E-state index in [-0.39, 0.29) is 5.91 Å². The van der Waals surface area contributed by atoms with Crippen LogP contribution in [-0.4, -0.2) is 42.0 Å². The second kappa shape index (κ2) is 6.00. The molecule has 5 heteroatoms. The molecule has 2 heterocycles. The van der Waals surface area contributed by atoms with Gasteiger partial charge in [0, 0.05) is 29.5 Å². The fourth-order valence-electron chi connectivity index (χ4n) is 2.77. The van der Waals surface area contributed by atoms with E-state index in [1.54, 1.807) is 12.1 Å². The Morgan fingerprint density at radius 2 is 2.19 bits per heavy atom. The Labute approximate surface area is 129 Å². The Balaban J connectivity index is 1.87. The van der Waals surface area contributed by atoms with Gasteiger partial charge in [0.2, 0.25) is 0 Å². The maximum atomic E-state index is 12.6. The number of rotatable bonds is 2. The molecule has 1 aliphatic rings. The monoisotopic (exact) mass is 303 g/mol. The molecule has 1 fully saturated rings. The summed E-state index contributed by atoms with van der Waals surface area (Å²) in [7, 11) is 1.94. The van der Waals surface area contributed by atoms with E-state index in [1.807, 2.05) is 30.1 Å². The van der Waals surface area contributed by atoms with Crippen LogP contribution >= 0.6 is 11.6 Å². The van der Waals surface area contributed by atoms with Crippen molar-refractivity contribution in [1.82, 2.24) is 15.2 Å². The van der Waals surface area contributed by atoms with Gasteiger partial charge in [0.05, 0.1) is 5.52 Å². The van der Waals surface area contributed by atoms with Gasteiger partial charge in [-0.15, -0.1) is 0 Å². The molecule has 0 radical (unpaired) electrons. The van der Waals surface area contributed by atoms with Crippen molar-refractivity contribution in [3.8, 4) is 0 Å². The molecule has 1 aliphatic heterocycles. The van der Waals surface area contributed by atoms with Crippen molar-refractivity contribution >= 4 is 28.4 Å². The van der Waals surface area contributed by atoms with Crippen molar-refractivity contribution in [2.24, 2.45) is 0 Å². The number of benzene rings is 1. The molecule has 1 aromatic heterocycles. The first kappa shape index (κ1) is 14.3. The first-order chi connectivity index (χ1) is 10.2. The third-order valence-electron chi connectivity index (χ3n) is 3.99. The number of halogens is 1. The number of nitrogens with one attached hydrogen (secondary N) is 1. The van der Waals surface area contributed by atoms with Gasteiger partial charge in [0.15, 0.2) is 0 Å². The van der Waals surface area contributed by atoms with Gasteiger partial charge in [0.25, 0.3) is 5.91 Å². The quantitative estimate of drug-likeness (QED) is 0.928. The summed E-state index contributed by atoms with van der Waals surface area (Å²) in [5.74, 6) is -0.00294. The number of likely N-dealkylation sites (tertiary alicyclic amines) is 1. The lowest BCUT2D eigenvalue weighted by Crippen LogP contribution is -2.47. The number of hydrogen-bond donors (Lipinski definition) is 1. The fourth-order valence-corrected chi connectivity index (χ4v) is 2.94. The molecule has 1 atom stereocenters. The Morgan fingerprint density at radius 3 is 3.00 bits per heavy atom. The molecule has 4 nitrogen and oxygen atoms in total. The van der Waals surface area contributed by atoms with E-state index >= 15 is 0 Å². The lowest BCUT2D eigenvalue weighted by atomic mass is 10.1. The number of amides is 1. The van der Waals surface area contributed by atoms with Gasteiger partial charge in [-0.1, -0.05) is 23.7 Å². The molecule has 0 saturated carbocycles. The summed E-state index contributed by atoms with van der Waals surface area (Å²) in [6.07, 6.45) is 2.14. The molecule has 1 saturated heterocycles. The minimum Gasteiger partial charge on any atom is -0.336 e. The summed E-state index contributed by atoms with van der Waals surface area (Å²) in [4.78, 5) is 18.9. The highest BCUT2D eigenvalue weighted by atomic mass is 35.5. The van der Waals surface area contributed by atoms with Crippen LogP contribution in [-0.2, 0) is 0 Å². The van der Waals surface area contributed by atoms with Gasteiger partial charge in [-0.3, -0.25) is 4.79 Å². The van der Waals surface area contributed by atoms with Gasteiger partial charge >= 0.3 is 0 Å². The van der Waals surface area contributed by atoms with Crippen LogP contribution in [0.3, 0.4) is 0 Å². The van der Waals surface area contributed by atoms with E-state index in [2.05, 4.69) is 10.3 Å². The molecule has 21 heavy (non-hydrogen) atoms. The number of piperidine rings is 1. The van der Waals surface area contributed by atoms with Crippen molar-refractivity contribution in [2.45, 2.75) is 18.9 Å². The number of fused-ring (bicyclic) bond motifs is 1. The summed E-state index contributed by atoms with van der Waals surface area (Å²) in [5, 5.41) is 4.87. The van der Waals surface area contributed by atoms with E-state index < -0.39 is 0 Å². The van der Waals surface area contributed by atoms with E-state index in [4.69, 9.17) is 11.6 Å². The molecule has 1 amide bonds. The van der Waals surface area contributed by atoms with Crippen LogP contribution in [0.4, 0.5) is 0 Å². The summed E-state index contributed by atoms with van der Waals surface area (Å²) in [6, 6.07) is 9.62. The highest BCUT2D eigenvalue weighted by molar-refractivity contribution is 6.31. The molecular weight excluding hydrogens is 286 g/mol. The van der Waals surface area contributed by atoms with Crippen LogP contribution in [0.15, 0.2) is 30.3 Å². The molecule has 0 spiro atoms. The minimum absolute atomic E-state index is 0.00294. The zero-order valence-corrected chi connectivity index (χ0v) is 12.7. The Hall–Kier alpha value is -1.65. The molecule has 3 rings (SSSR count). The average molecular weight is 304 g/mol. The number of aromatic nitrogens is 1. The van der Waals surface area contributed by atoms with Crippen molar-refractivity contribution in [3.63, 3.8) is 0 Å². The zero-order chi connectivity index (χ0) is 14.8. The third kappa shape index (κ3) is 3.01. The number of carbonyl (C=O) groups is 1. The van der Waals surface area contributed by atoms with Crippen molar-refractivity contribution in [1.29, 1.82) is 0 Å². The van der Waals surface area contributed by atoms with Crippen molar-refractivity contribution < 1.29 is 4.79 Å². The van der Waals surface area contributed by atoms with Gasteiger partial charge in [-0.05, 0) is 38.1 Å². The van der Waals surface area contributed by atoms with Crippen LogP contribution in [0, 0.1) is 0 Å². The van der Waals surface area contributed by atoms with E-state index in [9.17, 15) is 4.79 Å². The first-order valence-electron chi connectivity index (χ1n) is 7.20. The van der Waals surface area contributed by atoms with Gasteiger partial charge in [-0.25, -0.2) is 4.98 Å². The summed E-state index contributed by atoms with van der Waals surface area (Å²) < 4.78 is 0. The van der Waals surface area contributed by atoms with E-state index in [0.717, 1.165) is 36.8 Å². The third-order valence-corrected chi connectivity index (χ3v) is 4.23. The van der Waals surface area contributed by atoms with Gasteiger partial charge in [0.1, 0.15) is 5.69 Å². The lowest BCUT2D eigenvalue weighted by Gasteiger charge is -2.32. The minimum atomic E-state index is -0.00294. The Kier molecular flexibility index (Phi) is 4.08. The topological polar surface area (TPSA) is 45.2 Å². The number of pyridine rings is 1. The number of likely N-dealkylation sites (N-methyl/N-ethyl adjacent to an activating group) is 1.